The van der Waals surface area contributed by atoms with Crippen LogP contribution in [0.4, 0.5) is 5.69 Å². The lowest BCUT2D eigenvalue weighted by atomic mass is 10.0. The summed E-state index contributed by atoms with van der Waals surface area (Å²) in [4.78, 5) is 24.7. The second-order valence-electron chi connectivity index (χ2n) is 7.38. The number of carbonyl (C=O) groups excluding carboxylic acids is 2. The maximum atomic E-state index is 12.6. The molecule has 0 spiro atoms. The van der Waals surface area contributed by atoms with Crippen LogP contribution >= 0.6 is 34.8 Å². The number of nitrogens with zero attached hydrogens (tertiary/aromatic N) is 1. The number of ether oxygens (including phenoxy) is 1. The quantitative estimate of drug-likeness (QED) is 0.211. The van der Waals surface area contributed by atoms with E-state index in [0.717, 1.165) is 10.8 Å². The average molecular weight is 527 g/mol. The fourth-order valence-electron chi connectivity index (χ4n) is 3.28. The van der Waals surface area contributed by atoms with Crippen LogP contribution in [0.1, 0.15) is 15.9 Å². The molecular formula is C26H18Cl3N3O3. The summed E-state index contributed by atoms with van der Waals surface area (Å²) in [5.74, 6) is -0.383. The Hall–Kier alpha value is -3.58. The summed E-state index contributed by atoms with van der Waals surface area (Å²) in [5.41, 5.74) is 4.19. The predicted molar refractivity (Wildman–Crippen MR) is 141 cm³/mol. The molecule has 35 heavy (non-hydrogen) atoms. The number of benzene rings is 4. The molecule has 4 rings (SSSR count). The molecule has 0 radical (unpaired) electrons. The van der Waals surface area contributed by atoms with Crippen molar-refractivity contribution < 1.29 is 14.3 Å². The van der Waals surface area contributed by atoms with Crippen molar-refractivity contribution in [2.45, 2.75) is 0 Å². The van der Waals surface area contributed by atoms with Crippen LogP contribution in [-0.2, 0) is 4.79 Å². The summed E-state index contributed by atoms with van der Waals surface area (Å²) >= 11 is 18.1. The van der Waals surface area contributed by atoms with Crippen LogP contribution in [0.2, 0.25) is 15.1 Å². The molecule has 0 bridgehead atoms. The van der Waals surface area contributed by atoms with Crippen LogP contribution in [0.3, 0.4) is 0 Å². The number of anilines is 1. The number of carbonyl (C=O) groups is 2. The van der Waals surface area contributed by atoms with Crippen molar-refractivity contribution in [2.24, 2.45) is 5.10 Å². The Kier molecular flexibility index (Phi) is 7.87. The van der Waals surface area contributed by atoms with E-state index in [4.69, 9.17) is 39.5 Å². The highest BCUT2D eigenvalue weighted by Crippen LogP contribution is 2.26. The van der Waals surface area contributed by atoms with Gasteiger partial charge in [0.15, 0.2) is 6.61 Å². The largest absolute Gasteiger partial charge is 0.482 e. The van der Waals surface area contributed by atoms with Gasteiger partial charge in [-0.2, -0.15) is 5.10 Å². The second kappa shape index (κ2) is 11.2. The molecular weight excluding hydrogens is 509 g/mol. The molecule has 0 aliphatic rings. The van der Waals surface area contributed by atoms with E-state index in [-0.39, 0.29) is 23.4 Å². The predicted octanol–water partition coefficient (Wildman–Crippen LogP) is 6.58. The maximum Gasteiger partial charge on any atom is 0.271 e. The van der Waals surface area contributed by atoms with Crippen molar-refractivity contribution in [3.05, 3.63) is 105 Å². The Morgan fingerprint density at radius 1 is 0.857 bits per heavy atom. The molecule has 0 aliphatic heterocycles. The monoisotopic (exact) mass is 525 g/mol. The van der Waals surface area contributed by atoms with Gasteiger partial charge in [0.25, 0.3) is 11.8 Å². The molecule has 2 amide bonds. The first kappa shape index (κ1) is 24.5. The molecule has 4 aromatic rings. The van der Waals surface area contributed by atoms with Crippen molar-refractivity contribution in [1.29, 1.82) is 0 Å². The van der Waals surface area contributed by atoms with Crippen LogP contribution in [0.5, 0.6) is 5.75 Å². The third-order valence-corrected chi connectivity index (χ3v) is 5.97. The molecule has 0 fully saturated rings. The fraction of sp³-hybridized carbons (Fsp3) is 0.0385. The molecule has 0 heterocycles. The average Bonchev–Trinajstić information content (AvgIpc) is 2.85. The first-order valence-corrected chi connectivity index (χ1v) is 11.5. The normalized spacial score (nSPS) is 10.9. The summed E-state index contributed by atoms with van der Waals surface area (Å²) in [6.07, 6.45) is 1.47. The standard InChI is InChI=1S/C26H18Cl3N3O3/c27-21-10-9-18(13-22(21)28)31-25(33)15-35-24-11-8-16(12-23(24)29)14-30-32-26(34)20-7-3-5-17-4-1-2-6-19(17)20/h1-14H,15H2,(H,31,33)(H,32,34)/b30-14+. The second-order valence-corrected chi connectivity index (χ2v) is 8.60. The smallest absolute Gasteiger partial charge is 0.271 e. The summed E-state index contributed by atoms with van der Waals surface area (Å²) in [7, 11) is 0. The molecule has 2 N–H and O–H groups in total. The van der Waals surface area contributed by atoms with Gasteiger partial charge in [-0.05, 0) is 58.8 Å². The van der Waals surface area contributed by atoms with Crippen LogP contribution in [-0.4, -0.2) is 24.6 Å². The lowest BCUT2D eigenvalue weighted by Gasteiger charge is -2.10. The Bertz CT molecular complexity index is 1430. The number of nitrogens with one attached hydrogen (secondary N) is 2. The van der Waals surface area contributed by atoms with Crippen molar-refractivity contribution in [1.82, 2.24) is 5.43 Å². The zero-order valence-electron chi connectivity index (χ0n) is 18.1. The minimum atomic E-state index is -0.388. The van der Waals surface area contributed by atoms with Crippen molar-refractivity contribution in [3.63, 3.8) is 0 Å². The highest BCUT2D eigenvalue weighted by atomic mass is 35.5. The van der Waals surface area contributed by atoms with Gasteiger partial charge < -0.3 is 10.1 Å². The first-order valence-electron chi connectivity index (χ1n) is 10.4. The van der Waals surface area contributed by atoms with Gasteiger partial charge in [-0.3, -0.25) is 9.59 Å². The molecule has 0 saturated carbocycles. The summed E-state index contributed by atoms with van der Waals surface area (Å²) < 4.78 is 5.50. The van der Waals surface area contributed by atoms with E-state index < -0.39 is 0 Å². The van der Waals surface area contributed by atoms with Gasteiger partial charge in [-0.25, -0.2) is 5.43 Å². The zero-order valence-corrected chi connectivity index (χ0v) is 20.4. The summed E-state index contributed by atoms with van der Waals surface area (Å²) in [6.45, 7) is -0.255. The van der Waals surface area contributed by atoms with Crippen LogP contribution < -0.4 is 15.5 Å². The SMILES string of the molecule is O=C(COc1ccc(/C=N/NC(=O)c2cccc3ccccc23)cc1Cl)Nc1ccc(Cl)c(Cl)c1. The van der Waals surface area contributed by atoms with Crippen LogP contribution in [0.15, 0.2) is 84.0 Å². The van der Waals surface area contributed by atoms with Gasteiger partial charge in [-0.15, -0.1) is 0 Å². The Morgan fingerprint density at radius 2 is 1.66 bits per heavy atom. The van der Waals surface area contributed by atoms with Crippen molar-refractivity contribution in [2.75, 3.05) is 11.9 Å². The van der Waals surface area contributed by atoms with E-state index in [0.29, 0.717) is 32.6 Å². The molecule has 6 nitrogen and oxygen atoms in total. The Balaban J connectivity index is 1.33. The zero-order chi connectivity index (χ0) is 24.8. The minimum Gasteiger partial charge on any atom is -0.482 e. The molecule has 0 aliphatic carbocycles. The fourth-order valence-corrected chi connectivity index (χ4v) is 3.82. The number of hydrogen-bond acceptors (Lipinski definition) is 4. The van der Waals surface area contributed by atoms with E-state index in [1.807, 2.05) is 36.4 Å². The van der Waals surface area contributed by atoms with E-state index in [1.165, 1.54) is 6.21 Å². The maximum absolute atomic E-state index is 12.6. The molecule has 4 aromatic carbocycles. The van der Waals surface area contributed by atoms with Gasteiger partial charge in [0, 0.05) is 11.3 Å². The van der Waals surface area contributed by atoms with E-state index in [1.54, 1.807) is 42.5 Å². The van der Waals surface area contributed by atoms with E-state index in [2.05, 4.69) is 15.8 Å². The van der Waals surface area contributed by atoms with Crippen LogP contribution in [0, 0.1) is 0 Å². The Morgan fingerprint density at radius 3 is 2.46 bits per heavy atom. The van der Waals surface area contributed by atoms with Gasteiger partial charge in [0.05, 0.1) is 21.3 Å². The van der Waals surface area contributed by atoms with Gasteiger partial charge in [0.2, 0.25) is 0 Å². The van der Waals surface area contributed by atoms with Crippen molar-refractivity contribution >= 4 is 69.3 Å². The third-order valence-electron chi connectivity index (χ3n) is 4.93. The lowest BCUT2D eigenvalue weighted by molar-refractivity contribution is -0.118. The molecule has 0 unspecified atom stereocenters. The van der Waals surface area contributed by atoms with Crippen molar-refractivity contribution in [3.8, 4) is 5.75 Å². The highest BCUT2D eigenvalue weighted by molar-refractivity contribution is 6.42. The number of hydrazone groups is 1. The summed E-state index contributed by atoms with van der Waals surface area (Å²) in [6, 6.07) is 22.8. The number of amides is 2. The lowest BCUT2D eigenvalue weighted by Crippen LogP contribution is -2.20. The topological polar surface area (TPSA) is 79.8 Å². The third kappa shape index (κ3) is 6.31. The number of halogens is 3. The van der Waals surface area contributed by atoms with E-state index in [9.17, 15) is 9.59 Å². The molecule has 0 aromatic heterocycles. The molecule has 176 valence electrons. The Labute approximate surface area is 216 Å². The highest BCUT2D eigenvalue weighted by Gasteiger charge is 2.10. The summed E-state index contributed by atoms with van der Waals surface area (Å²) in [5, 5.41) is 9.51. The number of hydrogen-bond donors (Lipinski definition) is 2. The molecule has 9 heteroatoms. The van der Waals surface area contributed by atoms with Crippen LogP contribution in [0.25, 0.3) is 10.8 Å². The van der Waals surface area contributed by atoms with Gasteiger partial charge in [-0.1, -0.05) is 71.2 Å². The van der Waals surface area contributed by atoms with Gasteiger partial charge in [0.1, 0.15) is 5.75 Å². The number of fused-ring (bicyclic) bond motifs is 1. The molecule has 0 atom stereocenters. The molecule has 0 saturated heterocycles. The van der Waals surface area contributed by atoms with Gasteiger partial charge >= 0.3 is 0 Å². The van der Waals surface area contributed by atoms with E-state index >= 15 is 0 Å². The minimum absolute atomic E-state index is 0.255. The first-order chi connectivity index (χ1) is 16.9. The number of rotatable bonds is 7.